The zero-order valence-electron chi connectivity index (χ0n) is 11.6. The number of unbranched alkanes of at least 4 members (excludes halogenated alkanes) is 1. The minimum atomic E-state index is -0.290. The van der Waals surface area contributed by atoms with Crippen molar-refractivity contribution >= 4 is 0 Å². The van der Waals surface area contributed by atoms with Gasteiger partial charge in [-0.15, -0.1) is 0 Å². The summed E-state index contributed by atoms with van der Waals surface area (Å²) in [4.78, 5) is 0. The summed E-state index contributed by atoms with van der Waals surface area (Å²) in [5, 5.41) is 9.67. The summed E-state index contributed by atoms with van der Waals surface area (Å²) in [5.74, 6) is 1.52. The van der Waals surface area contributed by atoms with Crippen molar-refractivity contribution in [3.63, 3.8) is 0 Å². The molecule has 3 nitrogen and oxygen atoms in total. The van der Waals surface area contributed by atoms with E-state index in [0.29, 0.717) is 13.0 Å². The van der Waals surface area contributed by atoms with Crippen molar-refractivity contribution in [1.82, 2.24) is 0 Å². The van der Waals surface area contributed by atoms with E-state index in [1.54, 1.807) is 7.11 Å². The first kappa shape index (κ1) is 14.8. The number of hydrogen-bond donors (Lipinski definition) is 1. The quantitative estimate of drug-likeness (QED) is 0.722. The molecule has 0 radical (unpaired) electrons. The van der Waals surface area contributed by atoms with Crippen LogP contribution in [-0.4, -0.2) is 24.9 Å². The Bertz CT molecular complexity index is 350. The fourth-order valence-electron chi connectivity index (χ4n) is 1.70. The van der Waals surface area contributed by atoms with Gasteiger partial charge in [0.2, 0.25) is 0 Å². The van der Waals surface area contributed by atoms with Gasteiger partial charge in [-0.3, -0.25) is 0 Å². The molecular formula is C15H24O3. The van der Waals surface area contributed by atoms with E-state index in [4.69, 9.17) is 9.47 Å². The van der Waals surface area contributed by atoms with Crippen molar-refractivity contribution in [2.75, 3.05) is 13.7 Å². The molecule has 0 fully saturated rings. The lowest BCUT2D eigenvalue weighted by molar-refractivity contribution is 0.170. The lowest BCUT2D eigenvalue weighted by atomic mass is 10.1. The summed E-state index contributed by atoms with van der Waals surface area (Å²) in [6.07, 6.45) is 3.27. The molecule has 1 unspecified atom stereocenters. The molecule has 18 heavy (non-hydrogen) atoms. The molecule has 1 aromatic carbocycles. The Morgan fingerprint density at radius 1 is 1.22 bits per heavy atom. The summed E-state index contributed by atoms with van der Waals surface area (Å²) < 4.78 is 11.0. The van der Waals surface area contributed by atoms with Crippen LogP contribution in [0.25, 0.3) is 0 Å². The third-order valence-corrected chi connectivity index (χ3v) is 2.93. The molecule has 102 valence electrons. The first-order valence-corrected chi connectivity index (χ1v) is 6.69. The van der Waals surface area contributed by atoms with Gasteiger partial charge >= 0.3 is 0 Å². The average molecular weight is 252 g/mol. The number of benzene rings is 1. The molecule has 0 aliphatic rings. The van der Waals surface area contributed by atoms with E-state index in [0.717, 1.165) is 36.3 Å². The number of ether oxygens (including phenoxy) is 2. The van der Waals surface area contributed by atoms with E-state index in [1.165, 1.54) is 0 Å². The molecule has 1 N–H and O–H groups in total. The molecule has 0 spiro atoms. The van der Waals surface area contributed by atoms with Crippen LogP contribution >= 0.6 is 0 Å². The largest absolute Gasteiger partial charge is 0.493 e. The fourth-order valence-corrected chi connectivity index (χ4v) is 1.70. The zero-order chi connectivity index (χ0) is 13.4. The Labute approximate surface area is 110 Å². The number of hydrogen-bond acceptors (Lipinski definition) is 3. The Morgan fingerprint density at radius 2 is 2.00 bits per heavy atom. The molecule has 1 aromatic rings. The minimum absolute atomic E-state index is 0.290. The molecule has 0 aromatic heterocycles. The third kappa shape index (κ3) is 4.57. The Kier molecular flexibility index (Phi) is 6.58. The lowest BCUT2D eigenvalue weighted by Gasteiger charge is -2.13. The summed E-state index contributed by atoms with van der Waals surface area (Å²) >= 11 is 0. The highest BCUT2D eigenvalue weighted by Gasteiger charge is 2.08. The van der Waals surface area contributed by atoms with Gasteiger partial charge in [-0.1, -0.05) is 26.3 Å². The van der Waals surface area contributed by atoms with Crippen LogP contribution in [0.15, 0.2) is 18.2 Å². The molecule has 0 amide bonds. The summed E-state index contributed by atoms with van der Waals surface area (Å²) in [6.45, 7) is 4.81. The van der Waals surface area contributed by atoms with Crippen LogP contribution in [0.2, 0.25) is 0 Å². The highest BCUT2D eigenvalue weighted by atomic mass is 16.5. The summed E-state index contributed by atoms with van der Waals surface area (Å²) in [6, 6.07) is 5.84. The zero-order valence-corrected chi connectivity index (χ0v) is 11.6. The van der Waals surface area contributed by atoms with Crippen molar-refractivity contribution in [2.24, 2.45) is 0 Å². The third-order valence-electron chi connectivity index (χ3n) is 2.93. The predicted octanol–water partition coefficient (Wildman–Crippen LogP) is 3.19. The molecule has 0 aliphatic carbocycles. The van der Waals surface area contributed by atoms with Gasteiger partial charge in [0.15, 0.2) is 11.5 Å². The minimum Gasteiger partial charge on any atom is -0.493 e. The highest BCUT2D eigenvalue weighted by Crippen LogP contribution is 2.28. The van der Waals surface area contributed by atoms with Gasteiger partial charge in [0.05, 0.1) is 19.8 Å². The van der Waals surface area contributed by atoms with Gasteiger partial charge in [-0.2, -0.15) is 0 Å². The topological polar surface area (TPSA) is 38.7 Å². The first-order valence-electron chi connectivity index (χ1n) is 6.69. The maximum absolute atomic E-state index is 9.67. The maximum atomic E-state index is 9.67. The highest BCUT2D eigenvalue weighted by molar-refractivity contribution is 5.43. The molecule has 0 saturated heterocycles. The second-order valence-corrected chi connectivity index (χ2v) is 4.45. The van der Waals surface area contributed by atoms with Crippen molar-refractivity contribution in [1.29, 1.82) is 0 Å². The van der Waals surface area contributed by atoms with Gasteiger partial charge in [-0.25, -0.2) is 0 Å². The maximum Gasteiger partial charge on any atom is 0.161 e. The van der Waals surface area contributed by atoms with Crippen LogP contribution in [-0.2, 0) is 6.42 Å². The molecule has 0 aliphatic heterocycles. The summed E-state index contributed by atoms with van der Waals surface area (Å²) in [5.41, 5.74) is 1.08. The SMILES string of the molecule is CCCCOc1cc(CC(O)CC)ccc1OC. The number of aliphatic hydroxyl groups is 1. The number of aliphatic hydroxyl groups excluding tert-OH is 1. The smallest absolute Gasteiger partial charge is 0.161 e. The van der Waals surface area contributed by atoms with E-state index in [2.05, 4.69) is 6.92 Å². The van der Waals surface area contributed by atoms with Crippen molar-refractivity contribution < 1.29 is 14.6 Å². The number of methoxy groups -OCH3 is 1. The molecule has 0 saturated carbocycles. The fraction of sp³-hybridized carbons (Fsp3) is 0.600. The van der Waals surface area contributed by atoms with Crippen LogP contribution in [0.5, 0.6) is 11.5 Å². The summed E-state index contributed by atoms with van der Waals surface area (Å²) in [7, 11) is 1.64. The van der Waals surface area contributed by atoms with E-state index in [-0.39, 0.29) is 6.10 Å². The van der Waals surface area contributed by atoms with Crippen molar-refractivity contribution in [3.05, 3.63) is 23.8 Å². The Hall–Kier alpha value is -1.22. The monoisotopic (exact) mass is 252 g/mol. The van der Waals surface area contributed by atoms with Gasteiger partial charge < -0.3 is 14.6 Å². The van der Waals surface area contributed by atoms with E-state index in [1.807, 2.05) is 25.1 Å². The first-order chi connectivity index (χ1) is 8.71. The Balaban J connectivity index is 2.74. The van der Waals surface area contributed by atoms with Gasteiger partial charge in [0, 0.05) is 0 Å². The standard InChI is InChI=1S/C15H24O3/c1-4-6-9-18-15-11-12(10-13(16)5-2)7-8-14(15)17-3/h7-8,11,13,16H,4-6,9-10H2,1-3H3. The number of rotatable bonds is 8. The molecule has 1 rings (SSSR count). The van der Waals surface area contributed by atoms with Crippen LogP contribution in [0.3, 0.4) is 0 Å². The van der Waals surface area contributed by atoms with Crippen LogP contribution in [0, 0.1) is 0 Å². The van der Waals surface area contributed by atoms with Gasteiger partial charge in [0.25, 0.3) is 0 Å². The van der Waals surface area contributed by atoms with Gasteiger partial charge in [0.1, 0.15) is 0 Å². The second kappa shape index (κ2) is 7.98. The average Bonchev–Trinajstić information content (AvgIpc) is 2.39. The molecular weight excluding hydrogens is 228 g/mol. The lowest BCUT2D eigenvalue weighted by Crippen LogP contribution is -2.08. The van der Waals surface area contributed by atoms with Crippen LogP contribution in [0.4, 0.5) is 0 Å². The Morgan fingerprint density at radius 3 is 2.61 bits per heavy atom. The normalized spacial score (nSPS) is 12.2. The predicted molar refractivity (Wildman–Crippen MR) is 73.4 cm³/mol. The van der Waals surface area contributed by atoms with E-state index in [9.17, 15) is 5.11 Å². The van der Waals surface area contributed by atoms with Crippen molar-refractivity contribution in [3.8, 4) is 11.5 Å². The van der Waals surface area contributed by atoms with Crippen LogP contribution in [0.1, 0.15) is 38.7 Å². The van der Waals surface area contributed by atoms with Gasteiger partial charge in [-0.05, 0) is 37.0 Å². The van der Waals surface area contributed by atoms with Crippen LogP contribution < -0.4 is 9.47 Å². The second-order valence-electron chi connectivity index (χ2n) is 4.45. The molecule has 0 bridgehead atoms. The van der Waals surface area contributed by atoms with E-state index >= 15 is 0 Å². The molecule has 3 heteroatoms. The van der Waals surface area contributed by atoms with Crippen molar-refractivity contribution in [2.45, 2.75) is 45.6 Å². The molecule has 1 atom stereocenters. The molecule has 0 heterocycles. The van der Waals surface area contributed by atoms with E-state index < -0.39 is 0 Å².